The van der Waals surface area contributed by atoms with E-state index in [-0.39, 0.29) is 5.91 Å². The van der Waals surface area contributed by atoms with E-state index in [0.29, 0.717) is 23.7 Å². The van der Waals surface area contributed by atoms with Crippen LogP contribution in [0.2, 0.25) is 0 Å². The van der Waals surface area contributed by atoms with Crippen LogP contribution in [0.15, 0.2) is 18.2 Å². The van der Waals surface area contributed by atoms with Crippen molar-refractivity contribution in [3.63, 3.8) is 0 Å². The van der Waals surface area contributed by atoms with Crippen LogP contribution in [0, 0.1) is 0 Å². The molecule has 1 aromatic rings. The lowest BCUT2D eigenvalue weighted by Crippen LogP contribution is -2.32. The van der Waals surface area contributed by atoms with Gasteiger partial charge in [0.1, 0.15) is 0 Å². The zero-order valence-electron chi connectivity index (χ0n) is 12.9. The molecule has 4 nitrogen and oxygen atoms in total. The summed E-state index contributed by atoms with van der Waals surface area (Å²) in [7, 11) is 1.59. The SMILES string of the molecule is CCCN(CCC)C(=O)c1ccc(OCC)c(OC)c1. The van der Waals surface area contributed by atoms with Crippen molar-refractivity contribution in [3.05, 3.63) is 23.8 Å². The standard InChI is InChI=1S/C16H25NO3/c1-5-10-17(11-6-2)16(18)13-8-9-14(20-7-3)15(12-13)19-4/h8-9,12H,5-7,10-11H2,1-4H3. The largest absolute Gasteiger partial charge is 0.493 e. The van der Waals surface area contributed by atoms with Crippen LogP contribution in [0.5, 0.6) is 11.5 Å². The van der Waals surface area contributed by atoms with Crippen molar-refractivity contribution in [2.45, 2.75) is 33.6 Å². The van der Waals surface area contributed by atoms with Crippen LogP contribution in [0.4, 0.5) is 0 Å². The third kappa shape index (κ3) is 4.15. The van der Waals surface area contributed by atoms with E-state index in [1.165, 1.54) is 0 Å². The molecule has 1 rings (SSSR count). The average molecular weight is 279 g/mol. The van der Waals surface area contributed by atoms with Gasteiger partial charge in [0.05, 0.1) is 13.7 Å². The van der Waals surface area contributed by atoms with Gasteiger partial charge < -0.3 is 14.4 Å². The molecule has 0 aliphatic rings. The first kappa shape index (κ1) is 16.3. The van der Waals surface area contributed by atoms with Gasteiger partial charge in [-0.05, 0) is 38.0 Å². The Balaban J connectivity index is 2.96. The molecule has 0 radical (unpaired) electrons. The van der Waals surface area contributed by atoms with Gasteiger partial charge in [-0.3, -0.25) is 4.79 Å². The lowest BCUT2D eigenvalue weighted by Gasteiger charge is -2.22. The van der Waals surface area contributed by atoms with Crippen LogP contribution in [0.25, 0.3) is 0 Å². The normalized spacial score (nSPS) is 10.2. The highest BCUT2D eigenvalue weighted by atomic mass is 16.5. The fourth-order valence-corrected chi connectivity index (χ4v) is 2.11. The zero-order valence-corrected chi connectivity index (χ0v) is 12.9. The van der Waals surface area contributed by atoms with Crippen molar-refractivity contribution in [1.82, 2.24) is 4.90 Å². The smallest absolute Gasteiger partial charge is 0.253 e. The molecule has 0 aliphatic carbocycles. The highest BCUT2D eigenvalue weighted by Crippen LogP contribution is 2.28. The lowest BCUT2D eigenvalue weighted by molar-refractivity contribution is 0.0755. The first-order valence-corrected chi connectivity index (χ1v) is 7.27. The minimum absolute atomic E-state index is 0.0510. The fourth-order valence-electron chi connectivity index (χ4n) is 2.11. The summed E-state index contributed by atoms with van der Waals surface area (Å²) in [5.74, 6) is 1.32. The van der Waals surface area contributed by atoms with E-state index in [1.54, 1.807) is 25.3 Å². The number of rotatable bonds is 8. The fraction of sp³-hybridized carbons (Fsp3) is 0.562. The molecule has 1 amide bonds. The first-order valence-electron chi connectivity index (χ1n) is 7.27. The second-order valence-electron chi connectivity index (χ2n) is 4.59. The van der Waals surface area contributed by atoms with Crippen molar-refractivity contribution in [2.75, 3.05) is 26.8 Å². The van der Waals surface area contributed by atoms with Crippen LogP contribution in [-0.4, -0.2) is 37.6 Å². The number of carbonyl (C=O) groups is 1. The Labute approximate surface area is 121 Å². The molecule has 20 heavy (non-hydrogen) atoms. The summed E-state index contributed by atoms with van der Waals surface area (Å²) >= 11 is 0. The molecule has 0 fully saturated rings. The maximum Gasteiger partial charge on any atom is 0.253 e. The van der Waals surface area contributed by atoms with Gasteiger partial charge in [0.25, 0.3) is 5.91 Å². The summed E-state index contributed by atoms with van der Waals surface area (Å²) in [6, 6.07) is 5.35. The van der Waals surface area contributed by atoms with Gasteiger partial charge >= 0.3 is 0 Å². The van der Waals surface area contributed by atoms with Crippen LogP contribution in [-0.2, 0) is 0 Å². The lowest BCUT2D eigenvalue weighted by atomic mass is 10.1. The molecule has 0 aromatic heterocycles. The number of benzene rings is 1. The zero-order chi connectivity index (χ0) is 15.0. The first-order chi connectivity index (χ1) is 9.67. The van der Waals surface area contributed by atoms with E-state index in [0.717, 1.165) is 25.9 Å². The van der Waals surface area contributed by atoms with Crippen molar-refractivity contribution < 1.29 is 14.3 Å². The highest BCUT2D eigenvalue weighted by molar-refractivity contribution is 5.95. The quantitative estimate of drug-likeness (QED) is 0.732. The second-order valence-corrected chi connectivity index (χ2v) is 4.59. The minimum atomic E-state index is 0.0510. The topological polar surface area (TPSA) is 38.8 Å². The molecule has 0 aliphatic heterocycles. The summed E-state index contributed by atoms with van der Waals surface area (Å²) in [6.45, 7) is 8.21. The van der Waals surface area contributed by atoms with Crippen molar-refractivity contribution in [3.8, 4) is 11.5 Å². The van der Waals surface area contributed by atoms with Gasteiger partial charge in [-0.2, -0.15) is 0 Å². The number of hydrogen-bond donors (Lipinski definition) is 0. The van der Waals surface area contributed by atoms with Crippen LogP contribution in [0.3, 0.4) is 0 Å². The predicted octanol–water partition coefficient (Wildman–Crippen LogP) is 3.36. The maximum atomic E-state index is 12.5. The molecule has 0 heterocycles. The molecule has 0 saturated carbocycles. The number of methoxy groups -OCH3 is 1. The summed E-state index contributed by atoms with van der Waals surface area (Å²) in [6.07, 6.45) is 1.92. The summed E-state index contributed by atoms with van der Waals surface area (Å²) in [5.41, 5.74) is 0.646. The van der Waals surface area contributed by atoms with Gasteiger partial charge in [0, 0.05) is 18.7 Å². The summed E-state index contributed by atoms with van der Waals surface area (Å²) < 4.78 is 10.8. The Hall–Kier alpha value is -1.71. The van der Waals surface area contributed by atoms with Crippen molar-refractivity contribution in [1.29, 1.82) is 0 Å². The van der Waals surface area contributed by atoms with E-state index in [1.807, 2.05) is 11.8 Å². The van der Waals surface area contributed by atoms with E-state index in [9.17, 15) is 4.79 Å². The maximum absolute atomic E-state index is 12.5. The molecule has 0 N–H and O–H groups in total. The van der Waals surface area contributed by atoms with Gasteiger partial charge in [-0.1, -0.05) is 13.8 Å². The average Bonchev–Trinajstić information content (AvgIpc) is 2.47. The number of hydrogen-bond acceptors (Lipinski definition) is 3. The van der Waals surface area contributed by atoms with Crippen LogP contribution >= 0.6 is 0 Å². The van der Waals surface area contributed by atoms with Gasteiger partial charge in [-0.25, -0.2) is 0 Å². The molecule has 112 valence electrons. The highest BCUT2D eigenvalue weighted by Gasteiger charge is 2.16. The van der Waals surface area contributed by atoms with Gasteiger partial charge in [0.2, 0.25) is 0 Å². The Kier molecular flexibility index (Phi) is 6.91. The number of nitrogens with zero attached hydrogens (tertiary/aromatic N) is 1. The minimum Gasteiger partial charge on any atom is -0.493 e. The molecule has 1 aromatic carbocycles. The molecular weight excluding hydrogens is 254 g/mol. The number of carbonyl (C=O) groups excluding carboxylic acids is 1. The molecule has 0 unspecified atom stereocenters. The Bertz CT molecular complexity index is 426. The van der Waals surface area contributed by atoms with Crippen LogP contribution < -0.4 is 9.47 Å². The number of amides is 1. The van der Waals surface area contributed by atoms with Crippen LogP contribution in [0.1, 0.15) is 44.0 Å². The molecule has 0 spiro atoms. The Morgan fingerprint density at radius 2 is 1.75 bits per heavy atom. The molecular formula is C16H25NO3. The van der Waals surface area contributed by atoms with E-state index in [4.69, 9.17) is 9.47 Å². The Morgan fingerprint density at radius 3 is 2.25 bits per heavy atom. The Morgan fingerprint density at radius 1 is 1.10 bits per heavy atom. The third-order valence-corrected chi connectivity index (χ3v) is 2.98. The van der Waals surface area contributed by atoms with E-state index in [2.05, 4.69) is 13.8 Å². The summed E-state index contributed by atoms with van der Waals surface area (Å²) in [4.78, 5) is 14.4. The molecule has 0 atom stereocenters. The summed E-state index contributed by atoms with van der Waals surface area (Å²) in [5, 5.41) is 0. The van der Waals surface area contributed by atoms with Gasteiger partial charge in [0.15, 0.2) is 11.5 Å². The molecule has 4 heteroatoms. The monoisotopic (exact) mass is 279 g/mol. The third-order valence-electron chi connectivity index (χ3n) is 2.98. The van der Waals surface area contributed by atoms with Crippen molar-refractivity contribution in [2.24, 2.45) is 0 Å². The molecule has 0 bridgehead atoms. The van der Waals surface area contributed by atoms with Crippen molar-refractivity contribution >= 4 is 5.91 Å². The second kappa shape index (κ2) is 8.46. The number of ether oxygens (including phenoxy) is 2. The predicted molar refractivity (Wildman–Crippen MR) is 80.6 cm³/mol. The molecule has 0 saturated heterocycles. The van der Waals surface area contributed by atoms with E-state index < -0.39 is 0 Å². The van der Waals surface area contributed by atoms with E-state index >= 15 is 0 Å². The van der Waals surface area contributed by atoms with Gasteiger partial charge in [-0.15, -0.1) is 0 Å².